The summed E-state index contributed by atoms with van der Waals surface area (Å²) in [6.45, 7) is 6.22. The lowest BCUT2D eigenvalue weighted by atomic mass is 9.96. The van der Waals surface area contributed by atoms with Gasteiger partial charge in [-0.3, -0.25) is 14.3 Å². The highest BCUT2D eigenvalue weighted by molar-refractivity contribution is 7.07. The van der Waals surface area contributed by atoms with Crippen LogP contribution in [0.2, 0.25) is 0 Å². The Morgan fingerprint density at radius 2 is 1.97 bits per heavy atom. The number of aromatic nitrogens is 2. The SMILES string of the molecule is CCOC(=O)C1=C(C)N=c2s/c(=C\c3cccnc3)c(=O)n2[C@@H]1c1ccc(OCC)cc1. The minimum Gasteiger partial charge on any atom is -0.494 e. The lowest BCUT2D eigenvalue weighted by molar-refractivity contribution is -0.139. The molecule has 2 aromatic heterocycles. The molecule has 0 aliphatic carbocycles. The molecule has 1 aliphatic heterocycles. The van der Waals surface area contributed by atoms with Crippen molar-refractivity contribution in [3.8, 4) is 5.75 Å². The van der Waals surface area contributed by atoms with E-state index in [2.05, 4.69) is 9.98 Å². The van der Waals surface area contributed by atoms with Gasteiger partial charge in [-0.15, -0.1) is 0 Å². The van der Waals surface area contributed by atoms with E-state index in [1.807, 2.05) is 43.3 Å². The number of fused-ring (bicyclic) bond motifs is 1. The lowest BCUT2D eigenvalue weighted by Gasteiger charge is -2.24. The fourth-order valence-electron chi connectivity index (χ4n) is 3.63. The summed E-state index contributed by atoms with van der Waals surface area (Å²) in [4.78, 5) is 35.6. The molecule has 1 aliphatic rings. The van der Waals surface area contributed by atoms with E-state index in [4.69, 9.17) is 9.47 Å². The summed E-state index contributed by atoms with van der Waals surface area (Å²) in [7, 11) is 0. The molecule has 0 spiro atoms. The maximum atomic E-state index is 13.5. The van der Waals surface area contributed by atoms with Crippen molar-refractivity contribution in [1.29, 1.82) is 0 Å². The summed E-state index contributed by atoms with van der Waals surface area (Å²) in [6, 6.07) is 10.5. The van der Waals surface area contributed by atoms with Crippen molar-refractivity contribution in [2.45, 2.75) is 26.8 Å². The molecule has 3 aromatic rings. The Kier molecular flexibility index (Phi) is 6.32. The maximum Gasteiger partial charge on any atom is 0.338 e. The van der Waals surface area contributed by atoms with Gasteiger partial charge in [-0.2, -0.15) is 0 Å². The standard InChI is InChI=1S/C24H23N3O4S/c1-4-30-18-10-8-17(9-11-18)21-20(23(29)31-5-2)15(3)26-24-27(21)22(28)19(32-24)13-16-7-6-12-25-14-16/h6-14,21H,4-5H2,1-3H3/b19-13-/t21-/m1/s1. The predicted octanol–water partition coefficient (Wildman–Crippen LogP) is 2.59. The molecule has 0 N–H and O–H groups in total. The Morgan fingerprint density at radius 3 is 2.62 bits per heavy atom. The molecule has 0 unspecified atom stereocenters. The van der Waals surface area contributed by atoms with Gasteiger partial charge in [0.2, 0.25) is 0 Å². The average molecular weight is 450 g/mol. The van der Waals surface area contributed by atoms with Crippen LogP contribution in [-0.2, 0) is 9.53 Å². The number of carbonyl (C=O) groups excluding carboxylic acids is 1. The quantitative estimate of drug-likeness (QED) is 0.540. The Hall–Kier alpha value is -3.52. The zero-order valence-corrected chi connectivity index (χ0v) is 18.9. The van der Waals surface area contributed by atoms with Crippen molar-refractivity contribution in [2.75, 3.05) is 13.2 Å². The van der Waals surface area contributed by atoms with Crippen LogP contribution in [0.3, 0.4) is 0 Å². The minimum absolute atomic E-state index is 0.217. The molecule has 0 saturated heterocycles. The molecule has 0 amide bonds. The normalized spacial score (nSPS) is 15.8. The van der Waals surface area contributed by atoms with E-state index in [-0.39, 0.29) is 12.2 Å². The third-order valence-corrected chi connectivity index (χ3v) is 5.99. The van der Waals surface area contributed by atoms with Crippen LogP contribution in [0.1, 0.15) is 37.9 Å². The van der Waals surface area contributed by atoms with Crippen molar-refractivity contribution in [3.63, 3.8) is 0 Å². The highest BCUT2D eigenvalue weighted by Gasteiger charge is 2.33. The first-order chi connectivity index (χ1) is 15.5. The van der Waals surface area contributed by atoms with Crippen LogP contribution in [0, 0.1) is 0 Å². The summed E-state index contributed by atoms with van der Waals surface area (Å²) in [5.41, 5.74) is 2.27. The highest BCUT2D eigenvalue weighted by atomic mass is 32.1. The molecule has 1 atom stereocenters. The average Bonchev–Trinajstić information content (AvgIpc) is 3.09. The molecule has 0 radical (unpaired) electrons. The molecule has 0 bridgehead atoms. The molecule has 0 saturated carbocycles. The molecule has 3 heterocycles. The number of nitrogens with zero attached hydrogens (tertiary/aromatic N) is 3. The van der Waals surface area contributed by atoms with Gasteiger partial charge in [0.1, 0.15) is 5.75 Å². The number of pyridine rings is 1. The summed E-state index contributed by atoms with van der Waals surface area (Å²) >= 11 is 1.29. The summed E-state index contributed by atoms with van der Waals surface area (Å²) < 4.78 is 13.0. The Labute approximate surface area is 189 Å². The number of thiazole rings is 1. The van der Waals surface area contributed by atoms with Crippen molar-refractivity contribution < 1.29 is 14.3 Å². The molecular formula is C24H23N3O4S. The van der Waals surface area contributed by atoms with E-state index in [9.17, 15) is 9.59 Å². The second-order valence-electron chi connectivity index (χ2n) is 7.09. The van der Waals surface area contributed by atoms with Crippen LogP contribution in [0.25, 0.3) is 6.08 Å². The van der Waals surface area contributed by atoms with E-state index >= 15 is 0 Å². The van der Waals surface area contributed by atoms with Crippen molar-refractivity contribution in [3.05, 3.63) is 90.9 Å². The van der Waals surface area contributed by atoms with Gasteiger partial charge in [-0.05, 0) is 56.2 Å². The van der Waals surface area contributed by atoms with Crippen molar-refractivity contribution >= 4 is 23.4 Å². The number of hydrogen-bond donors (Lipinski definition) is 0. The first-order valence-corrected chi connectivity index (χ1v) is 11.2. The van der Waals surface area contributed by atoms with Gasteiger partial charge in [0.05, 0.1) is 35.1 Å². The summed E-state index contributed by atoms with van der Waals surface area (Å²) in [5, 5.41) is 0. The third-order valence-electron chi connectivity index (χ3n) is 5.01. The molecule has 164 valence electrons. The number of benzene rings is 1. The second-order valence-corrected chi connectivity index (χ2v) is 8.10. The third kappa shape index (κ3) is 4.13. The number of carbonyl (C=O) groups is 1. The monoisotopic (exact) mass is 449 g/mol. The Bertz CT molecular complexity index is 1340. The van der Waals surface area contributed by atoms with Gasteiger partial charge in [-0.1, -0.05) is 29.5 Å². The van der Waals surface area contributed by atoms with Gasteiger partial charge >= 0.3 is 5.97 Å². The molecule has 1 aromatic carbocycles. The van der Waals surface area contributed by atoms with Gasteiger partial charge in [0.25, 0.3) is 5.56 Å². The number of allylic oxidation sites excluding steroid dienone is 1. The van der Waals surface area contributed by atoms with Gasteiger partial charge in [-0.25, -0.2) is 9.79 Å². The van der Waals surface area contributed by atoms with Crippen LogP contribution in [0.15, 0.2) is 69.8 Å². The minimum atomic E-state index is -0.642. The summed E-state index contributed by atoms with van der Waals surface area (Å²) in [5.74, 6) is 0.243. The lowest BCUT2D eigenvalue weighted by Crippen LogP contribution is -2.39. The first kappa shape index (κ1) is 21.7. The molecule has 7 nitrogen and oxygen atoms in total. The maximum absolute atomic E-state index is 13.5. The van der Waals surface area contributed by atoms with Crippen LogP contribution in [-0.4, -0.2) is 28.7 Å². The smallest absolute Gasteiger partial charge is 0.338 e. The van der Waals surface area contributed by atoms with Crippen molar-refractivity contribution in [1.82, 2.24) is 9.55 Å². The van der Waals surface area contributed by atoms with Gasteiger partial charge in [0, 0.05) is 12.4 Å². The second kappa shape index (κ2) is 9.32. The number of ether oxygens (including phenoxy) is 2. The molecule has 32 heavy (non-hydrogen) atoms. The van der Waals surface area contributed by atoms with Crippen LogP contribution in [0.4, 0.5) is 0 Å². The van der Waals surface area contributed by atoms with E-state index in [1.54, 1.807) is 36.9 Å². The highest BCUT2D eigenvalue weighted by Crippen LogP contribution is 2.31. The fourth-order valence-corrected chi connectivity index (χ4v) is 4.68. The fraction of sp³-hybridized carbons (Fsp3) is 0.250. The Morgan fingerprint density at radius 1 is 1.19 bits per heavy atom. The zero-order chi connectivity index (χ0) is 22.7. The topological polar surface area (TPSA) is 82.8 Å². The van der Waals surface area contributed by atoms with E-state index in [0.717, 1.165) is 16.9 Å². The molecule has 0 fully saturated rings. The zero-order valence-electron chi connectivity index (χ0n) is 18.1. The number of rotatable bonds is 6. The molecular weight excluding hydrogens is 426 g/mol. The van der Waals surface area contributed by atoms with Gasteiger partial charge < -0.3 is 9.47 Å². The number of hydrogen-bond acceptors (Lipinski definition) is 7. The Balaban J connectivity index is 1.92. The largest absolute Gasteiger partial charge is 0.494 e. The number of esters is 1. The predicted molar refractivity (Wildman–Crippen MR) is 122 cm³/mol. The van der Waals surface area contributed by atoms with Crippen LogP contribution < -0.4 is 19.6 Å². The van der Waals surface area contributed by atoms with Crippen molar-refractivity contribution in [2.24, 2.45) is 4.99 Å². The van der Waals surface area contributed by atoms with Crippen LogP contribution in [0.5, 0.6) is 5.75 Å². The first-order valence-electron chi connectivity index (χ1n) is 10.4. The summed E-state index contributed by atoms with van der Waals surface area (Å²) in [6.07, 6.45) is 5.16. The van der Waals surface area contributed by atoms with E-state index in [1.165, 1.54) is 11.3 Å². The van der Waals surface area contributed by atoms with Crippen LogP contribution >= 0.6 is 11.3 Å². The van der Waals surface area contributed by atoms with E-state index in [0.29, 0.717) is 27.2 Å². The van der Waals surface area contributed by atoms with E-state index < -0.39 is 12.0 Å². The van der Waals surface area contributed by atoms with Gasteiger partial charge in [0.15, 0.2) is 4.80 Å². The molecule has 8 heteroatoms. The molecule has 4 rings (SSSR count).